The van der Waals surface area contributed by atoms with Gasteiger partial charge >= 0.3 is 0 Å². The molecule has 1 atom stereocenters. The van der Waals surface area contributed by atoms with Crippen LogP contribution in [0.3, 0.4) is 0 Å². The number of nitrogens with one attached hydrogen (secondary N) is 1. The molecule has 1 N–H and O–H groups in total. The van der Waals surface area contributed by atoms with Gasteiger partial charge in [0.1, 0.15) is 0 Å². The monoisotopic (exact) mass is 420 g/mol. The summed E-state index contributed by atoms with van der Waals surface area (Å²) in [5.74, 6) is 0.577. The topological polar surface area (TPSA) is 65.5 Å². The molecular weight excluding hydrogens is 388 g/mol. The van der Waals surface area contributed by atoms with Gasteiger partial charge in [-0.25, -0.2) is 0 Å². The Morgan fingerprint density at radius 2 is 1.74 bits per heavy atom. The van der Waals surface area contributed by atoms with Crippen LogP contribution in [0, 0.1) is 12.8 Å². The lowest BCUT2D eigenvalue weighted by molar-refractivity contribution is -0.129. The van der Waals surface area contributed by atoms with Gasteiger partial charge in [0.15, 0.2) is 0 Å². The number of aryl methyl sites for hydroxylation is 1. The maximum absolute atomic E-state index is 13.2. The molecule has 4 rings (SSSR count). The molecule has 6 nitrogen and oxygen atoms in total. The minimum atomic E-state index is -0.123. The number of nitrogens with zero attached hydrogens (tertiary/aromatic N) is 3. The molecule has 1 aromatic heterocycles. The Morgan fingerprint density at radius 1 is 1.03 bits per heavy atom. The van der Waals surface area contributed by atoms with Crippen LogP contribution in [-0.4, -0.2) is 58.8 Å². The fourth-order valence-corrected chi connectivity index (χ4v) is 4.92. The summed E-state index contributed by atoms with van der Waals surface area (Å²) in [5.41, 5.74) is 2.65. The Kier molecular flexibility index (Phi) is 6.97. The average molecular weight is 421 g/mol. The van der Waals surface area contributed by atoms with E-state index < -0.39 is 0 Å². The molecule has 0 unspecified atom stereocenters. The first kappa shape index (κ1) is 21.5. The second-order valence-corrected chi connectivity index (χ2v) is 8.67. The number of carbonyl (C=O) groups excluding carboxylic acids is 2. The Hall–Kier alpha value is -2.73. The first-order valence-corrected chi connectivity index (χ1v) is 11.4. The molecule has 1 aromatic carbocycles. The molecule has 6 heteroatoms. The summed E-state index contributed by atoms with van der Waals surface area (Å²) in [4.78, 5) is 34.7. The summed E-state index contributed by atoms with van der Waals surface area (Å²) in [6, 6.07) is 13.4. The van der Waals surface area contributed by atoms with Crippen molar-refractivity contribution < 1.29 is 9.59 Å². The highest BCUT2D eigenvalue weighted by Crippen LogP contribution is 2.31. The van der Waals surface area contributed by atoms with Crippen molar-refractivity contribution in [3.05, 3.63) is 65.5 Å². The van der Waals surface area contributed by atoms with E-state index in [-0.39, 0.29) is 17.9 Å². The molecule has 0 spiro atoms. The summed E-state index contributed by atoms with van der Waals surface area (Å²) >= 11 is 0. The van der Waals surface area contributed by atoms with Crippen LogP contribution >= 0.6 is 0 Å². The zero-order valence-electron chi connectivity index (χ0n) is 18.3. The molecule has 1 aliphatic carbocycles. The zero-order chi connectivity index (χ0) is 21.6. The molecule has 2 aromatic rings. The third-order valence-electron chi connectivity index (χ3n) is 6.66. The molecule has 2 heterocycles. The van der Waals surface area contributed by atoms with Crippen molar-refractivity contribution in [2.24, 2.45) is 5.92 Å². The standard InChI is InChI=1S/C25H32N4O2/c1-19-8-2-5-12-22(19)25(31)29-16-14-28(15-17-29)23(20-9-3-4-10-20)24(30)27-18-21-11-6-7-13-26-21/h2,5-8,11-13,20,23H,3-4,9-10,14-18H2,1H3,(H,27,30)/t23-/m0/s1. The van der Waals surface area contributed by atoms with Crippen molar-refractivity contribution in [1.29, 1.82) is 0 Å². The molecule has 0 radical (unpaired) electrons. The van der Waals surface area contributed by atoms with E-state index in [1.54, 1.807) is 6.20 Å². The van der Waals surface area contributed by atoms with Gasteiger partial charge in [0.05, 0.1) is 18.3 Å². The molecule has 1 saturated heterocycles. The highest BCUT2D eigenvalue weighted by atomic mass is 16.2. The van der Waals surface area contributed by atoms with E-state index in [9.17, 15) is 9.59 Å². The van der Waals surface area contributed by atoms with Gasteiger partial charge in [0.2, 0.25) is 5.91 Å². The largest absolute Gasteiger partial charge is 0.349 e. The summed E-state index contributed by atoms with van der Waals surface area (Å²) < 4.78 is 0. The first-order valence-electron chi connectivity index (χ1n) is 11.4. The molecule has 1 saturated carbocycles. The normalized spacial score (nSPS) is 18.7. The Bertz CT molecular complexity index is 887. The number of rotatable bonds is 6. The summed E-state index contributed by atoms with van der Waals surface area (Å²) in [6.07, 6.45) is 6.34. The van der Waals surface area contributed by atoms with Gasteiger partial charge in [0.25, 0.3) is 5.91 Å². The third kappa shape index (κ3) is 5.13. The van der Waals surface area contributed by atoms with Gasteiger partial charge in [-0.2, -0.15) is 0 Å². The summed E-state index contributed by atoms with van der Waals surface area (Å²) in [6.45, 7) is 5.21. The zero-order valence-corrected chi connectivity index (χ0v) is 18.3. The van der Waals surface area contributed by atoms with Crippen LogP contribution in [0.2, 0.25) is 0 Å². The van der Waals surface area contributed by atoms with Crippen LogP contribution in [0.1, 0.15) is 47.3 Å². The van der Waals surface area contributed by atoms with Gasteiger partial charge in [-0.1, -0.05) is 37.1 Å². The lowest BCUT2D eigenvalue weighted by Gasteiger charge is -2.40. The van der Waals surface area contributed by atoms with E-state index in [1.165, 1.54) is 12.8 Å². The summed E-state index contributed by atoms with van der Waals surface area (Å²) in [7, 11) is 0. The van der Waals surface area contributed by atoms with Gasteiger partial charge in [0, 0.05) is 37.9 Å². The van der Waals surface area contributed by atoms with Crippen LogP contribution in [-0.2, 0) is 11.3 Å². The van der Waals surface area contributed by atoms with Crippen molar-refractivity contribution in [2.45, 2.75) is 45.2 Å². The van der Waals surface area contributed by atoms with Crippen molar-refractivity contribution in [2.75, 3.05) is 26.2 Å². The minimum Gasteiger partial charge on any atom is -0.349 e. The minimum absolute atomic E-state index is 0.0924. The van der Waals surface area contributed by atoms with E-state index in [0.29, 0.717) is 25.6 Å². The predicted octanol–water partition coefficient (Wildman–Crippen LogP) is 3.02. The number of piperazine rings is 1. The predicted molar refractivity (Wildman–Crippen MR) is 120 cm³/mol. The van der Waals surface area contributed by atoms with Crippen molar-refractivity contribution in [3.63, 3.8) is 0 Å². The number of hydrogen-bond acceptors (Lipinski definition) is 4. The van der Waals surface area contributed by atoms with E-state index >= 15 is 0 Å². The number of benzene rings is 1. The second kappa shape index (κ2) is 10.1. The maximum Gasteiger partial charge on any atom is 0.254 e. The number of amides is 2. The highest BCUT2D eigenvalue weighted by Gasteiger charge is 2.37. The number of aromatic nitrogens is 1. The van der Waals surface area contributed by atoms with Gasteiger partial charge in [-0.3, -0.25) is 19.5 Å². The maximum atomic E-state index is 13.2. The number of pyridine rings is 1. The van der Waals surface area contributed by atoms with E-state index in [0.717, 1.165) is 42.8 Å². The van der Waals surface area contributed by atoms with Crippen molar-refractivity contribution >= 4 is 11.8 Å². The van der Waals surface area contributed by atoms with Crippen LogP contribution in [0.5, 0.6) is 0 Å². The van der Waals surface area contributed by atoms with E-state index in [1.807, 2.05) is 54.3 Å². The van der Waals surface area contributed by atoms with Gasteiger partial charge < -0.3 is 10.2 Å². The quantitative estimate of drug-likeness (QED) is 0.780. The molecule has 31 heavy (non-hydrogen) atoms. The second-order valence-electron chi connectivity index (χ2n) is 8.67. The Morgan fingerprint density at radius 3 is 2.42 bits per heavy atom. The smallest absolute Gasteiger partial charge is 0.254 e. The molecule has 2 fully saturated rings. The van der Waals surface area contributed by atoms with Crippen molar-refractivity contribution in [3.8, 4) is 0 Å². The van der Waals surface area contributed by atoms with E-state index in [2.05, 4.69) is 15.2 Å². The van der Waals surface area contributed by atoms with Crippen LogP contribution < -0.4 is 5.32 Å². The molecule has 2 aliphatic rings. The molecule has 1 aliphatic heterocycles. The Balaban J connectivity index is 1.39. The Labute approximate surface area is 184 Å². The highest BCUT2D eigenvalue weighted by molar-refractivity contribution is 5.95. The lowest BCUT2D eigenvalue weighted by Crippen LogP contribution is -2.58. The SMILES string of the molecule is Cc1ccccc1C(=O)N1CCN([C@H](C(=O)NCc2ccccn2)C2CCCC2)CC1. The first-order chi connectivity index (χ1) is 15.1. The summed E-state index contributed by atoms with van der Waals surface area (Å²) in [5, 5.41) is 3.12. The van der Waals surface area contributed by atoms with Gasteiger partial charge in [-0.15, -0.1) is 0 Å². The van der Waals surface area contributed by atoms with E-state index in [4.69, 9.17) is 0 Å². The number of carbonyl (C=O) groups is 2. The van der Waals surface area contributed by atoms with Crippen LogP contribution in [0.4, 0.5) is 0 Å². The number of hydrogen-bond donors (Lipinski definition) is 1. The van der Waals surface area contributed by atoms with Gasteiger partial charge in [-0.05, 0) is 49.4 Å². The van der Waals surface area contributed by atoms with Crippen LogP contribution in [0.15, 0.2) is 48.7 Å². The van der Waals surface area contributed by atoms with Crippen LogP contribution in [0.25, 0.3) is 0 Å². The lowest BCUT2D eigenvalue weighted by atomic mass is 9.95. The fourth-order valence-electron chi connectivity index (χ4n) is 4.92. The molecule has 0 bridgehead atoms. The molecular formula is C25H32N4O2. The molecule has 164 valence electrons. The average Bonchev–Trinajstić information content (AvgIpc) is 3.33. The third-order valence-corrected chi connectivity index (χ3v) is 6.66. The van der Waals surface area contributed by atoms with Crippen molar-refractivity contribution in [1.82, 2.24) is 20.1 Å². The molecule has 2 amide bonds. The fraction of sp³-hybridized carbons (Fsp3) is 0.480.